The number of anilines is 3. The van der Waals surface area contributed by atoms with Crippen LogP contribution in [0.2, 0.25) is 0 Å². The zero-order valence-electron chi connectivity index (χ0n) is 57.7. The number of carbonyl (C=O) groups is 5. The lowest BCUT2D eigenvalue weighted by molar-refractivity contribution is -0.138. The van der Waals surface area contributed by atoms with Crippen molar-refractivity contribution in [2.75, 3.05) is 43.3 Å². The molecule has 0 radical (unpaired) electrons. The van der Waals surface area contributed by atoms with Gasteiger partial charge in [0.2, 0.25) is 0 Å². The monoisotopic (exact) mass is 1560 g/mol. The predicted octanol–water partition coefficient (Wildman–Crippen LogP) is 15.8. The summed E-state index contributed by atoms with van der Waals surface area (Å²) >= 11 is 13.3. The number of benzene rings is 6. The highest BCUT2D eigenvalue weighted by Crippen LogP contribution is 2.32. The molecule has 6 aromatic heterocycles. The first-order valence-electron chi connectivity index (χ1n) is 32.5. The number of nitrogen functional groups attached to an aromatic ring is 1. The standard InChI is InChI=1S/C25H22FN3O3S.C22H18FN3O3S.C18H18FNO4.C7H6N2S.C2Cl2O2.CH3F.ClH/c1-25(2)31-14-18(32-25)11-15-12-19(26)22(27-13-15)16-7-9-17(10-8-16)23(30)29-24-28-20-5-3-4-6-21(20)33-24;23-17-10-13(9-16(28)12-27)11-24-20(17)14-5-7-15(8-6-14)21(29)26-22-25-18-3-1-2-4-19(18)30-22;1-18(2)23-10-14(24-18)7-11-8-15(19)16(20-9-11)12-3-5-13(6-4-12)17(21)22;8-7-9-5-3-1-2-4-6(5)10-7;3-1(5)2(4)6;1-2;/h3-10,12-13,18H,11,14H2,1-2H3,(H,28,29,30);1-8,10-11,16,27-28H,9,12H2,(H,25,26,29);3-6,8-9,14H,7,10H2,1-2H3,(H,21,22);1-4H,(H2,8,9);;1H3;1H/t18-;16-;14-;;;;/m000..../s1/i;;;;;1D;. The maximum atomic E-state index is 14.8. The van der Waals surface area contributed by atoms with Crippen LogP contribution in [0, 0.1) is 17.5 Å². The third kappa shape index (κ3) is 23.2. The number of para-hydroxylation sites is 3. The van der Waals surface area contributed by atoms with E-state index in [1.165, 1.54) is 70.5 Å². The van der Waals surface area contributed by atoms with Gasteiger partial charge in [0.1, 0.15) is 34.5 Å². The molecule has 2 fully saturated rings. The van der Waals surface area contributed by atoms with E-state index in [1.807, 2.05) is 100 Å². The van der Waals surface area contributed by atoms with Gasteiger partial charge in [0.05, 0.1) is 82.9 Å². The maximum Gasteiger partial charge on any atom is 0.335 e. The van der Waals surface area contributed by atoms with Crippen molar-refractivity contribution in [3.63, 3.8) is 0 Å². The number of aliphatic hydroxyl groups is 2. The Kier molecular flexibility index (Phi) is 28.9. The number of carbonyl (C=O) groups excluding carboxylic acids is 4. The average molecular weight is 1570 g/mol. The lowest BCUT2D eigenvalue weighted by atomic mass is 10.1. The van der Waals surface area contributed by atoms with Crippen molar-refractivity contribution in [3.05, 3.63) is 233 Å². The van der Waals surface area contributed by atoms with Crippen LogP contribution in [0.4, 0.5) is 33.0 Å². The molecule has 106 heavy (non-hydrogen) atoms. The van der Waals surface area contributed by atoms with E-state index in [0.717, 1.165) is 41.8 Å². The molecule has 2 aliphatic rings. The molecular formula is C75H68Cl3F4N9O12S3. The summed E-state index contributed by atoms with van der Waals surface area (Å²) in [5, 5.41) is 32.3. The quantitative estimate of drug-likeness (QED) is 0.0297. The Labute approximate surface area is 634 Å². The van der Waals surface area contributed by atoms with E-state index in [9.17, 15) is 46.6 Å². The van der Waals surface area contributed by atoms with Gasteiger partial charge in [0, 0.05) is 65.7 Å². The number of amides is 2. The van der Waals surface area contributed by atoms with Gasteiger partial charge >= 0.3 is 16.5 Å². The summed E-state index contributed by atoms with van der Waals surface area (Å²) in [6.45, 7) is 7.94. The molecule has 14 rings (SSSR count). The number of fused-ring (bicyclic) bond motifs is 3. The molecule has 8 heterocycles. The van der Waals surface area contributed by atoms with E-state index in [-0.39, 0.29) is 65.5 Å². The number of rotatable bonds is 16. The topological polar surface area (TPSA) is 310 Å². The number of pyridine rings is 3. The van der Waals surface area contributed by atoms with E-state index in [0.29, 0.717) is 74.8 Å². The predicted molar refractivity (Wildman–Crippen MR) is 405 cm³/mol. The summed E-state index contributed by atoms with van der Waals surface area (Å²) in [6, 6.07) is 46.5. The number of ether oxygens (including phenoxy) is 4. The summed E-state index contributed by atoms with van der Waals surface area (Å²) in [7, 11) is -1.00. The lowest BCUT2D eigenvalue weighted by Crippen LogP contribution is -2.22. The maximum absolute atomic E-state index is 14.8. The van der Waals surface area contributed by atoms with Crippen molar-refractivity contribution >= 4 is 144 Å². The molecule has 7 N–H and O–H groups in total. The van der Waals surface area contributed by atoms with Crippen LogP contribution in [0.3, 0.4) is 0 Å². The second-order valence-electron chi connectivity index (χ2n) is 23.9. The van der Waals surface area contributed by atoms with Crippen LogP contribution in [-0.2, 0) is 47.8 Å². The van der Waals surface area contributed by atoms with Crippen LogP contribution in [0.5, 0.6) is 0 Å². The molecule has 21 nitrogen and oxygen atoms in total. The molecule has 0 spiro atoms. The Hall–Kier alpha value is -9.66. The second-order valence-corrected chi connectivity index (χ2v) is 27.7. The van der Waals surface area contributed by atoms with E-state index >= 15 is 0 Å². The molecule has 0 unspecified atom stereocenters. The van der Waals surface area contributed by atoms with E-state index in [4.69, 9.17) is 36.3 Å². The number of thiazole rings is 3. The van der Waals surface area contributed by atoms with Gasteiger partial charge in [-0.05, 0) is 159 Å². The number of hydrogen-bond donors (Lipinski definition) is 6. The number of aromatic nitrogens is 6. The fourth-order valence-electron chi connectivity index (χ4n) is 10.4. The van der Waals surface area contributed by atoms with Gasteiger partial charge in [-0.25, -0.2) is 32.9 Å². The summed E-state index contributed by atoms with van der Waals surface area (Å²) < 4.78 is 84.8. The molecule has 12 aromatic rings. The van der Waals surface area contributed by atoms with Gasteiger partial charge in [0.15, 0.2) is 27.0 Å². The minimum absolute atomic E-state index is 0. The highest BCUT2D eigenvalue weighted by molar-refractivity contribution is 7.23. The molecule has 0 bridgehead atoms. The fraction of sp³-hybridized carbons (Fsp3) is 0.213. The fourth-order valence-corrected chi connectivity index (χ4v) is 12.9. The Morgan fingerprint density at radius 3 is 1.23 bits per heavy atom. The summed E-state index contributed by atoms with van der Waals surface area (Å²) in [5.41, 5.74) is 13.4. The van der Waals surface area contributed by atoms with E-state index in [1.54, 1.807) is 73.1 Å². The largest absolute Gasteiger partial charge is 0.478 e. The van der Waals surface area contributed by atoms with Crippen LogP contribution in [0.25, 0.3) is 64.4 Å². The molecule has 2 aliphatic heterocycles. The number of nitrogens with two attached hydrogens (primary N) is 1. The van der Waals surface area contributed by atoms with Crippen LogP contribution in [0.15, 0.2) is 182 Å². The van der Waals surface area contributed by atoms with Crippen molar-refractivity contribution in [2.45, 2.75) is 76.8 Å². The van der Waals surface area contributed by atoms with Gasteiger partial charge in [-0.15, -0.1) is 12.4 Å². The van der Waals surface area contributed by atoms with Gasteiger partial charge in [0.25, 0.3) is 11.8 Å². The first kappa shape index (κ1) is 80.4. The highest BCUT2D eigenvalue weighted by atomic mass is 35.5. The van der Waals surface area contributed by atoms with Crippen LogP contribution in [0.1, 0.15) is 76.8 Å². The smallest absolute Gasteiger partial charge is 0.335 e. The van der Waals surface area contributed by atoms with Gasteiger partial charge in [-0.2, -0.15) is 0 Å². The lowest BCUT2D eigenvalue weighted by Gasteiger charge is -2.17. The second kappa shape index (κ2) is 38.0. The number of nitrogens with one attached hydrogen (secondary N) is 2. The van der Waals surface area contributed by atoms with Crippen molar-refractivity contribution in [1.29, 1.82) is 0 Å². The molecule has 3 atom stereocenters. The Balaban J connectivity index is 0.000000180. The normalized spacial score (nSPS) is 14.8. The van der Waals surface area contributed by atoms with Crippen molar-refractivity contribution in [3.8, 4) is 33.8 Å². The third-order valence-corrected chi connectivity index (χ3v) is 18.4. The van der Waals surface area contributed by atoms with E-state index in [2.05, 4.69) is 63.7 Å². The molecule has 6 aromatic carbocycles. The Bertz CT molecular complexity index is 4940. The number of halogens is 7. The Morgan fingerprint density at radius 2 is 0.906 bits per heavy atom. The summed E-state index contributed by atoms with van der Waals surface area (Å²) in [6.07, 6.45) is 4.69. The highest BCUT2D eigenvalue weighted by Gasteiger charge is 2.34. The molecule has 31 heteroatoms. The zero-order chi connectivity index (χ0) is 76.2. The SMILES string of the molecule is CC1(C)OC[C@H](Cc2cnc(-c3ccc(C(=O)Nc4nc5ccccc5s4)cc3)c(F)c2)O1.CC1(C)OC[C@H](Cc2cnc(-c3ccc(C(=O)O)cc3)c(F)c2)O1.Cl.Nc1nc2ccccc2s1.O=C(Cl)C(=O)Cl.O=C(Nc1nc2ccccc2s1)c1ccc(-c2ncc(C[C@H](O)CO)cc2F)cc1.[2H]CF. The number of aromatic carboxylic acids is 1. The number of aliphatic hydroxyl groups excluding tert-OH is 2. The number of carboxylic acids is 1. The molecule has 0 aliphatic carbocycles. The molecular weight excluding hydrogens is 1500 g/mol. The van der Waals surface area contributed by atoms with Gasteiger partial charge < -0.3 is 40.0 Å². The van der Waals surface area contributed by atoms with Crippen LogP contribution in [-0.4, -0.2) is 130 Å². The number of carboxylic acid groups (broad SMARTS) is 1. The van der Waals surface area contributed by atoms with Crippen molar-refractivity contribution in [1.82, 2.24) is 29.9 Å². The Morgan fingerprint density at radius 1 is 0.566 bits per heavy atom. The molecule has 552 valence electrons. The minimum atomic E-state index is -1.14. The van der Waals surface area contributed by atoms with Crippen LogP contribution >= 0.6 is 69.6 Å². The zero-order valence-corrected chi connectivity index (χ0v) is 61.5. The first-order valence-corrected chi connectivity index (χ1v) is 35.0. The number of hydrogen-bond acceptors (Lipinski definition) is 21. The summed E-state index contributed by atoms with van der Waals surface area (Å²) in [4.78, 5) is 80.4. The third-order valence-electron chi connectivity index (χ3n) is 15.2. The minimum Gasteiger partial charge on any atom is -0.478 e. The molecule has 2 amide bonds. The average Bonchev–Trinajstić information content (AvgIpc) is 1.81. The number of alkyl halides is 1. The van der Waals surface area contributed by atoms with Crippen molar-refractivity contribution < 1.29 is 77.2 Å². The molecule has 2 saturated heterocycles. The summed E-state index contributed by atoms with van der Waals surface area (Å²) in [5.74, 6) is -4.23. The molecule has 0 saturated carbocycles. The first-order chi connectivity index (χ1) is 50.6. The van der Waals surface area contributed by atoms with Crippen molar-refractivity contribution in [2.24, 2.45) is 0 Å². The van der Waals surface area contributed by atoms with Crippen LogP contribution < -0.4 is 16.4 Å². The van der Waals surface area contributed by atoms with Gasteiger partial charge in [-0.3, -0.25) is 49.2 Å². The number of nitrogens with zero attached hydrogens (tertiary/aromatic N) is 6. The van der Waals surface area contributed by atoms with Gasteiger partial charge in [-0.1, -0.05) is 107 Å². The van der Waals surface area contributed by atoms with E-state index < -0.39 is 65.3 Å².